The van der Waals surface area contributed by atoms with E-state index in [0.29, 0.717) is 18.0 Å². The fraction of sp³-hybridized carbons (Fsp3) is 0.538. The molecule has 0 aliphatic carbocycles. The molecule has 2 rings (SSSR count). The fourth-order valence-corrected chi connectivity index (χ4v) is 5.13. The fourth-order valence-electron chi connectivity index (χ4n) is 2.16. The highest BCUT2D eigenvalue weighted by Gasteiger charge is 2.33. The maximum Gasteiger partial charge on any atom is 0.243 e. The van der Waals surface area contributed by atoms with Crippen LogP contribution < -0.4 is 0 Å². The van der Waals surface area contributed by atoms with Crippen LogP contribution in [0.1, 0.15) is 6.42 Å². The Hall–Kier alpha value is -0.560. The van der Waals surface area contributed by atoms with Gasteiger partial charge < -0.3 is 4.74 Å². The molecule has 6 heteroatoms. The van der Waals surface area contributed by atoms with Gasteiger partial charge in [-0.2, -0.15) is 16.1 Å². The molecule has 0 bridgehead atoms. The summed E-state index contributed by atoms with van der Waals surface area (Å²) in [7, 11) is -1.82. The number of hydrogen-bond donors (Lipinski definition) is 0. The molecule has 1 unspecified atom stereocenters. The third-order valence-electron chi connectivity index (χ3n) is 3.18. The van der Waals surface area contributed by atoms with E-state index < -0.39 is 10.0 Å². The molecule has 1 saturated heterocycles. The van der Waals surface area contributed by atoms with Crippen molar-refractivity contribution in [1.82, 2.24) is 4.31 Å². The van der Waals surface area contributed by atoms with Crippen LogP contribution in [0.2, 0.25) is 0 Å². The van der Waals surface area contributed by atoms with Crippen LogP contribution in [0.25, 0.3) is 0 Å². The number of hydrogen-bond acceptors (Lipinski definition) is 4. The second-order valence-corrected chi connectivity index (χ2v) is 7.48. The zero-order valence-corrected chi connectivity index (χ0v) is 12.6. The smallest absolute Gasteiger partial charge is 0.243 e. The number of benzene rings is 1. The third-order valence-corrected chi connectivity index (χ3v) is 6.29. The number of thioether (sulfide) groups is 1. The number of methoxy groups -OCH3 is 1. The lowest BCUT2D eigenvalue weighted by Crippen LogP contribution is -2.42. The van der Waals surface area contributed by atoms with Crippen LogP contribution >= 0.6 is 11.8 Å². The van der Waals surface area contributed by atoms with E-state index in [1.165, 1.54) is 0 Å². The highest BCUT2D eigenvalue weighted by Crippen LogP contribution is 2.27. The van der Waals surface area contributed by atoms with Gasteiger partial charge in [0.1, 0.15) is 0 Å². The molecule has 0 spiro atoms. The molecular formula is C13H19NO3S2. The summed E-state index contributed by atoms with van der Waals surface area (Å²) in [6.07, 6.45) is 0.917. The van der Waals surface area contributed by atoms with Gasteiger partial charge in [0.15, 0.2) is 0 Å². The lowest BCUT2D eigenvalue weighted by atomic mass is 10.3. The summed E-state index contributed by atoms with van der Waals surface area (Å²) in [5.74, 6) is 1.90. The quantitative estimate of drug-likeness (QED) is 0.804. The van der Waals surface area contributed by atoms with Gasteiger partial charge in [-0.1, -0.05) is 18.2 Å². The zero-order chi connectivity index (χ0) is 13.7. The third kappa shape index (κ3) is 3.51. The molecule has 1 heterocycles. The standard InChI is InChI=1S/C13H19NO3S2/c1-17-9-8-14(12-7-10-18-11-12)19(15,16)13-5-3-2-4-6-13/h2-6,12H,7-11H2,1H3. The minimum atomic E-state index is -3.42. The van der Waals surface area contributed by atoms with Gasteiger partial charge in [0.25, 0.3) is 0 Å². The molecule has 1 aromatic rings. The Kier molecular flexibility index (Phi) is 5.27. The van der Waals surface area contributed by atoms with Gasteiger partial charge in [0.2, 0.25) is 10.0 Å². The van der Waals surface area contributed by atoms with E-state index in [9.17, 15) is 8.42 Å². The highest BCUT2D eigenvalue weighted by molar-refractivity contribution is 7.99. The number of ether oxygens (including phenoxy) is 1. The molecule has 0 aromatic heterocycles. The van der Waals surface area contributed by atoms with Crippen LogP contribution in [0.5, 0.6) is 0 Å². The van der Waals surface area contributed by atoms with Crippen LogP contribution in [0.3, 0.4) is 0 Å². The predicted octanol–water partition coefficient (Wildman–Crippen LogP) is 1.83. The van der Waals surface area contributed by atoms with Gasteiger partial charge in [0.05, 0.1) is 11.5 Å². The summed E-state index contributed by atoms with van der Waals surface area (Å²) in [4.78, 5) is 0.364. The monoisotopic (exact) mass is 301 g/mol. The van der Waals surface area contributed by atoms with Crippen LogP contribution in [0.15, 0.2) is 35.2 Å². The first-order valence-corrected chi connectivity index (χ1v) is 8.89. The number of nitrogens with zero attached hydrogens (tertiary/aromatic N) is 1. The minimum Gasteiger partial charge on any atom is -0.383 e. The second kappa shape index (κ2) is 6.74. The maximum absolute atomic E-state index is 12.7. The van der Waals surface area contributed by atoms with Crippen molar-refractivity contribution in [3.63, 3.8) is 0 Å². The number of rotatable bonds is 6. The summed E-state index contributed by atoms with van der Waals surface area (Å²) < 4.78 is 32.0. The number of sulfonamides is 1. The van der Waals surface area contributed by atoms with E-state index >= 15 is 0 Å². The zero-order valence-electron chi connectivity index (χ0n) is 11.0. The van der Waals surface area contributed by atoms with Crippen LogP contribution in [-0.2, 0) is 14.8 Å². The summed E-state index contributed by atoms with van der Waals surface area (Å²) in [6.45, 7) is 0.839. The molecule has 4 nitrogen and oxygen atoms in total. The molecule has 19 heavy (non-hydrogen) atoms. The topological polar surface area (TPSA) is 46.6 Å². The summed E-state index contributed by atoms with van der Waals surface area (Å²) in [5.41, 5.74) is 0. The van der Waals surface area contributed by atoms with Crippen LogP contribution in [0, 0.1) is 0 Å². The van der Waals surface area contributed by atoms with E-state index in [4.69, 9.17) is 4.74 Å². The lowest BCUT2D eigenvalue weighted by molar-refractivity contribution is 0.169. The van der Waals surface area contributed by atoms with Gasteiger partial charge in [-0.15, -0.1) is 0 Å². The molecule has 0 amide bonds. The van der Waals surface area contributed by atoms with E-state index in [1.54, 1.807) is 35.7 Å². The molecular weight excluding hydrogens is 282 g/mol. The van der Waals surface area contributed by atoms with Gasteiger partial charge >= 0.3 is 0 Å². The van der Waals surface area contributed by atoms with Gasteiger partial charge in [-0.05, 0) is 24.3 Å². The Morgan fingerprint density at radius 2 is 2.11 bits per heavy atom. The second-order valence-electron chi connectivity index (χ2n) is 4.44. The summed E-state index contributed by atoms with van der Waals surface area (Å²) >= 11 is 1.81. The first kappa shape index (κ1) is 14.8. The van der Waals surface area contributed by atoms with Crippen molar-refractivity contribution in [1.29, 1.82) is 0 Å². The van der Waals surface area contributed by atoms with E-state index in [0.717, 1.165) is 17.9 Å². The minimum absolute atomic E-state index is 0.0883. The molecule has 106 valence electrons. The molecule has 1 atom stereocenters. The predicted molar refractivity (Wildman–Crippen MR) is 77.9 cm³/mol. The van der Waals surface area contributed by atoms with Gasteiger partial charge in [-0.3, -0.25) is 0 Å². The van der Waals surface area contributed by atoms with Crippen LogP contribution in [0.4, 0.5) is 0 Å². The normalized spacial score (nSPS) is 20.0. The summed E-state index contributed by atoms with van der Waals surface area (Å²) in [5, 5.41) is 0. The van der Waals surface area contributed by atoms with Gasteiger partial charge in [-0.25, -0.2) is 8.42 Å². The largest absolute Gasteiger partial charge is 0.383 e. The molecule has 1 fully saturated rings. The van der Waals surface area contributed by atoms with Crippen molar-refractivity contribution in [2.45, 2.75) is 17.4 Å². The molecule has 1 aromatic carbocycles. The van der Waals surface area contributed by atoms with Gasteiger partial charge in [0, 0.05) is 25.4 Å². The molecule has 0 radical (unpaired) electrons. The van der Waals surface area contributed by atoms with Crippen molar-refractivity contribution < 1.29 is 13.2 Å². The molecule has 1 aliphatic rings. The van der Waals surface area contributed by atoms with Crippen LogP contribution in [-0.4, -0.2) is 50.5 Å². The Balaban J connectivity index is 2.25. The highest BCUT2D eigenvalue weighted by atomic mass is 32.2. The first-order chi connectivity index (χ1) is 9.16. The first-order valence-electron chi connectivity index (χ1n) is 6.30. The molecule has 0 saturated carbocycles. The van der Waals surface area contributed by atoms with E-state index in [2.05, 4.69) is 0 Å². The Labute approximate surface area is 119 Å². The SMILES string of the molecule is COCCN(C1CCSC1)S(=O)(=O)c1ccccc1. The maximum atomic E-state index is 12.7. The Bertz CT molecular complexity index is 484. The average Bonchev–Trinajstić information content (AvgIpc) is 2.94. The van der Waals surface area contributed by atoms with Crippen molar-refractivity contribution >= 4 is 21.8 Å². The van der Waals surface area contributed by atoms with Crippen molar-refractivity contribution in [2.75, 3.05) is 31.8 Å². The summed E-state index contributed by atoms with van der Waals surface area (Å²) in [6, 6.07) is 8.72. The van der Waals surface area contributed by atoms with E-state index in [1.807, 2.05) is 17.8 Å². The van der Waals surface area contributed by atoms with E-state index in [-0.39, 0.29) is 6.04 Å². The van der Waals surface area contributed by atoms with Crippen molar-refractivity contribution in [3.8, 4) is 0 Å². The molecule has 1 aliphatic heterocycles. The Morgan fingerprint density at radius 3 is 2.68 bits per heavy atom. The van der Waals surface area contributed by atoms with Crippen molar-refractivity contribution in [3.05, 3.63) is 30.3 Å². The molecule has 0 N–H and O–H groups in total. The lowest BCUT2D eigenvalue weighted by Gasteiger charge is -2.27. The van der Waals surface area contributed by atoms with Crippen molar-refractivity contribution in [2.24, 2.45) is 0 Å². The average molecular weight is 301 g/mol. The Morgan fingerprint density at radius 1 is 1.37 bits per heavy atom.